The van der Waals surface area contributed by atoms with Crippen molar-refractivity contribution in [2.45, 2.75) is 44.6 Å². The van der Waals surface area contributed by atoms with Crippen molar-refractivity contribution in [3.8, 4) is 0 Å². The molecule has 1 saturated carbocycles. The zero-order chi connectivity index (χ0) is 14.1. The van der Waals surface area contributed by atoms with Gasteiger partial charge in [0, 0.05) is 24.5 Å². The first-order valence-corrected chi connectivity index (χ1v) is 8.18. The summed E-state index contributed by atoms with van der Waals surface area (Å²) in [6.07, 6.45) is 7.69. The van der Waals surface area contributed by atoms with Crippen molar-refractivity contribution in [1.29, 1.82) is 0 Å². The summed E-state index contributed by atoms with van der Waals surface area (Å²) < 4.78 is 0. The summed E-state index contributed by atoms with van der Waals surface area (Å²) in [7, 11) is 0. The van der Waals surface area contributed by atoms with Crippen LogP contribution < -0.4 is 10.2 Å². The molecule has 0 radical (unpaired) electrons. The second-order valence-corrected chi connectivity index (χ2v) is 6.21. The minimum atomic E-state index is 0.611. The molecule has 4 rings (SSSR count). The Labute approximate surface area is 125 Å². The van der Waals surface area contributed by atoms with Crippen LogP contribution in [0.15, 0.2) is 24.3 Å². The minimum Gasteiger partial charge on any atom is -0.367 e. The van der Waals surface area contributed by atoms with Gasteiger partial charge in [0.15, 0.2) is 0 Å². The molecule has 1 aliphatic heterocycles. The van der Waals surface area contributed by atoms with Gasteiger partial charge in [0.1, 0.15) is 5.82 Å². The number of benzene rings is 1. The largest absolute Gasteiger partial charge is 0.367 e. The number of rotatable bonds is 3. The first-order chi connectivity index (χ1) is 10.4. The molecule has 1 aliphatic carbocycles. The number of nitrogens with zero attached hydrogens (tertiary/aromatic N) is 3. The van der Waals surface area contributed by atoms with Gasteiger partial charge in [-0.1, -0.05) is 25.0 Å². The summed E-state index contributed by atoms with van der Waals surface area (Å²) in [4.78, 5) is 12.0. The summed E-state index contributed by atoms with van der Waals surface area (Å²) >= 11 is 0. The average molecular weight is 282 g/mol. The SMILES string of the molecule is c1ccc2c(NC3CC3)nc(N3CCCCCC3)nc2c1. The third kappa shape index (κ3) is 2.80. The third-order valence-corrected chi connectivity index (χ3v) is 4.40. The standard InChI is InChI=1S/C17H22N4/c1-2-6-12-21(11-5-1)17-19-15-8-4-3-7-14(15)16(20-17)18-13-9-10-13/h3-4,7-8,13H,1-2,5-6,9-12H2,(H,18,19,20). The Hall–Kier alpha value is -1.84. The smallest absolute Gasteiger partial charge is 0.227 e. The van der Waals surface area contributed by atoms with Crippen LogP contribution in [-0.4, -0.2) is 29.1 Å². The van der Waals surface area contributed by atoms with E-state index in [2.05, 4.69) is 34.5 Å². The lowest BCUT2D eigenvalue weighted by Crippen LogP contribution is -2.26. The normalized spacial score (nSPS) is 19.5. The molecule has 2 aromatic rings. The Kier molecular flexibility index (Phi) is 3.37. The quantitative estimate of drug-likeness (QED) is 0.934. The molecule has 1 saturated heterocycles. The van der Waals surface area contributed by atoms with E-state index in [0.717, 1.165) is 35.8 Å². The van der Waals surface area contributed by atoms with Crippen molar-refractivity contribution < 1.29 is 0 Å². The molecule has 110 valence electrons. The van der Waals surface area contributed by atoms with Crippen LogP contribution in [0.25, 0.3) is 10.9 Å². The highest BCUT2D eigenvalue weighted by atomic mass is 15.3. The van der Waals surface area contributed by atoms with Gasteiger partial charge >= 0.3 is 0 Å². The Morgan fingerprint density at radius 2 is 1.71 bits per heavy atom. The number of anilines is 2. The van der Waals surface area contributed by atoms with E-state index in [4.69, 9.17) is 9.97 Å². The van der Waals surface area contributed by atoms with Crippen molar-refractivity contribution in [3.63, 3.8) is 0 Å². The molecule has 0 spiro atoms. The van der Waals surface area contributed by atoms with Crippen LogP contribution in [0.5, 0.6) is 0 Å². The maximum atomic E-state index is 4.85. The predicted molar refractivity (Wildman–Crippen MR) is 86.9 cm³/mol. The maximum Gasteiger partial charge on any atom is 0.227 e. The molecule has 2 heterocycles. The fourth-order valence-corrected chi connectivity index (χ4v) is 3.01. The molecular weight excluding hydrogens is 260 g/mol. The number of hydrogen-bond donors (Lipinski definition) is 1. The zero-order valence-electron chi connectivity index (χ0n) is 12.4. The van der Waals surface area contributed by atoms with Crippen molar-refractivity contribution in [1.82, 2.24) is 9.97 Å². The highest BCUT2D eigenvalue weighted by molar-refractivity contribution is 5.90. The lowest BCUT2D eigenvalue weighted by atomic mass is 10.2. The van der Waals surface area contributed by atoms with Crippen LogP contribution in [0.2, 0.25) is 0 Å². The predicted octanol–water partition coefficient (Wildman–Crippen LogP) is 3.58. The van der Waals surface area contributed by atoms with Crippen LogP contribution in [-0.2, 0) is 0 Å². The Balaban J connectivity index is 1.73. The Morgan fingerprint density at radius 1 is 0.952 bits per heavy atom. The van der Waals surface area contributed by atoms with Crippen LogP contribution in [0.1, 0.15) is 38.5 Å². The number of aromatic nitrogens is 2. The van der Waals surface area contributed by atoms with Crippen molar-refractivity contribution in [2.75, 3.05) is 23.3 Å². The first-order valence-electron chi connectivity index (χ1n) is 8.18. The number of para-hydroxylation sites is 1. The lowest BCUT2D eigenvalue weighted by Gasteiger charge is -2.21. The topological polar surface area (TPSA) is 41.1 Å². The minimum absolute atomic E-state index is 0.611. The molecule has 0 amide bonds. The van der Waals surface area contributed by atoms with Gasteiger partial charge in [-0.2, -0.15) is 4.98 Å². The fourth-order valence-electron chi connectivity index (χ4n) is 3.01. The molecule has 1 N–H and O–H groups in total. The van der Waals surface area contributed by atoms with Gasteiger partial charge in [-0.3, -0.25) is 0 Å². The van der Waals surface area contributed by atoms with Gasteiger partial charge in [-0.25, -0.2) is 4.98 Å². The van der Waals surface area contributed by atoms with Crippen molar-refractivity contribution in [2.24, 2.45) is 0 Å². The van der Waals surface area contributed by atoms with Crippen LogP contribution in [0.4, 0.5) is 11.8 Å². The average Bonchev–Trinajstić information content (AvgIpc) is 3.33. The van der Waals surface area contributed by atoms with Gasteiger partial charge in [0.05, 0.1) is 5.52 Å². The zero-order valence-corrected chi connectivity index (χ0v) is 12.4. The Bertz CT molecular complexity index is 628. The van der Waals surface area contributed by atoms with Crippen LogP contribution in [0.3, 0.4) is 0 Å². The molecular formula is C17H22N4. The van der Waals surface area contributed by atoms with Gasteiger partial charge in [0.2, 0.25) is 5.95 Å². The van der Waals surface area contributed by atoms with E-state index in [1.165, 1.54) is 38.5 Å². The summed E-state index contributed by atoms with van der Waals surface area (Å²) in [5.41, 5.74) is 1.05. The second-order valence-electron chi connectivity index (χ2n) is 6.21. The monoisotopic (exact) mass is 282 g/mol. The maximum absolute atomic E-state index is 4.85. The fraction of sp³-hybridized carbons (Fsp3) is 0.529. The summed E-state index contributed by atoms with van der Waals surface area (Å²) in [6.45, 7) is 2.17. The second kappa shape index (κ2) is 5.51. The molecule has 2 aliphatic rings. The van der Waals surface area contributed by atoms with Gasteiger partial charge < -0.3 is 10.2 Å². The molecule has 0 atom stereocenters. The summed E-state index contributed by atoms with van der Waals surface area (Å²) in [5, 5.41) is 4.72. The third-order valence-electron chi connectivity index (χ3n) is 4.40. The Morgan fingerprint density at radius 3 is 2.48 bits per heavy atom. The molecule has 4 heteroatoms. The molecule has 1 aromatic heterocycles. The number of nitrogens with one attached hydrogen (secondary N) is 1. The highest BCUT2D eigenvalue weighted by Gasteiger charge is 2.23. The van der Waals surface area contributed by atoms with Crippen molar-refractivity contribution in [3.05, 3.63) is 24.3 Å². The van der Waals surface area contributed by atoms with E-state index in [1.807, 2.05) is 0 Å². The van der Waals surface area contributed by atoms with E-state index in [9.17, 15) is 0 Å². The molecule has 0 bridgehead atoms. The van der Waals surface area contributed by atoms with E-state index >= 15 is 0 Å². The van der Waals surface area contributed by atoms with Gasteiger partial charge in [0.25, 0.3) is 0 Å². The summed E-state index contributed by atoms with van der Waals surface area (Å²) in [5.74, 6) is 1.92. The molecule has 2 fully saturated rings. The van der Waals surface area contributed by atoms with Gasteiger partial charge in [-0.15, -0.1) is 0 Å². The number of fused-ring (bicyclic) bond motifs is 1. The van der Waals surface area contributed by atoms with E-state index in [-0.39, 0.29) is 0 Å². The lowest BCUT2D eigenvalue weighted by molar-refractivity contribution is 0.726. The van der Waals surface area contributed by atoms with Gasteiger partial charge in [-0.05, 0) is 37.8 Å². The molecule has 21 heavy (non-hydrogen) atoms. The molecule has 1 aromatic carbocycles. The molecule has 0 unspecified atom stereocenters. The van der Waals surface area contributed by atoms with E-state index in [0.29, 0.717) is 6.04 Å². The first kappa shape index (κ1) is 12.9. The molecule has 4 nitrogen and oxygen atoms in total. The number of hydrogen-bond acceptors (Lipinski definition) is 4. The van der Waals surface area contributed by atoms with Crippen molar-refractivity contribution >= 4 is 22.7 Å². The van der Waals surface area contributed by atoms with E-state index in [1.54, 1.807) is 0 Å². The summed E-state index contributed by atoms with van der Waals surface area (Å²) in [6, 6.07) is 8.95. The van der Waals surface area contributed by atoms with Crippen LogP contribution >= 0.6 is 0 Å². The van der Waals surface area contributed by atoms with Crippen LogP contribution in [0, 0.1) is 0 Å². The highest BCUT2D eigenvalue weighted by Crippen LogP contribution is 2.29. The van der Waals surface area contributed by atoms with E-state index < -0.39 is 0 Å².